The third-order valence-electron chi connectivity index (χ3n) is 3.45. The lowest BCUT2D eigenvalue weighted by Crippen LogP contribution is -2.46. The van der Waals surface area contributed by atoms with Gasteiger partial charge in [0.2, 0.25) is 0 Å². The van der Waals surface area contributed by atoms with Crippen molar-refractivity contribution >= 4 is 29.0 Å². The van der Waals surface area contributed by atoms with E-state index < -0.39 is 5.60 Å². The van der Waals surface area contributed by atoms with Crippen LogP contribution in [0.25, 0.3) is 0 Å². The van der Waals surface area contributed by atoms with Gasteiger partial charge in [0.1, 0.15) is 17.1 Å². The van der Waals surface area contributed by atoms with Gasteiger partial charge < -0.3 is 10.0 Å². The van der Waals surface area contributed by atoms with Gasteiger partial charge in [-0.3, -0.25) is 0 Å². The molecular weight excluding hydrogens is 301 g/mol. The van der Waals surface area contributed by atoms with Crippen LogP contribution >= 0.6 is 23.2 Å². The lowest BCUT2D eigenvalue weighted by Gasteiger charge is -2.38. The van der Waals surface area contributed by atoms with Crippen LogP contribution in [-0.4, -0.2) is 38.6 Å². The molecular formula is C12H13Cl2N5O. The lowest BCUT2D eigenvalue weighted by atomic mass is 9.90. The molecule has 0 aromatic carbocycles. The standard InChI is InChI=1S/C12H13Cl2N5O/c13-8-4-9(14)11(15-5-8)19-3-1-2-12(20,7-19)10-6-16-18-17-10/h4-6,20H,1-3,7H2,(H,16,17,18)/t12-/m1/s1. The number of β-amino-alcohol motifs (C(OH)–C–C–N with tert-alkyl or cyclic N) is 1. The summed E-state index contributed by atoms with van der Waals surface area (Å²) in [7, 11) is 0. The molecule has 0 bridgehead atoms. The van der Waals surface area contributed by atoms with Crippen LogP contribution in [0.3, 0.4) is 0 Å². The fourth-order valence-corrected chi connectivity index (χ4v) is 2.99. The molecule has 0 amide bonds. The number of aromatic amines is 1. The molecule has 2 aromatic heterocycles. The highest BCUT2D eigenvalue weighted by Gasteiger charge is 2.38. The van der Waals surface area contributed by atoms with Gasteiger partial charge in [0.15, 0.2) is 0 Å². The van der Waals surface area contributed by atoms with Crippen LogP contribution in [0, 0.1) is 0 Å². The van der Waals surface area contributed by atoms with Crippen molar-refractivity contribution in [2.24, 2.45) is 0 Å². The molecule has 0 unspecified atom stereocenters. The average molecular weight is 314 g/mol. The molecule has 1 saturated heterocycles. The first-order valence-corrected chi connectivity index (χ1v) is 6.99. The number of halogens is 2. The summed E-state index contributed by atoms with van der Waals surface area (Å²) in [5.41, 5.74) is -0.511. The molecule has 106 valence electrons. The van der Waals surface area contributed by atoms with E-state index in [-0.39, 0.29) is 0 Å². The molecule has 2 N–H and O–H groups in total. The van der Waals surface area contributed by atoms with Crippen molar-refractivity contribution in [1.82, 2.24) is 20.4 Å². The number of hydrogen-bond acceptors (Lipinski definition) is 5. The quantitative estimate of drug-likeness (QED) is 0.886. The van der Waals surface area contributed by atoms with Gasteiger partial charge in [0.25, 0.3) is 0 Å². The Morgan fingerprint density at radius 1 is 1.35 bits per heavy atom. The summed E-state index contributed by atoms with van der Waals surface area (Å²) in [5, 5.41) is 22.0. The molecule has 8 heteroatoms. The molecule has 3 heterocycles. The molecule has 1 aliphatic heterocycles. The van der Waals surface area contributed by atoms with E-state index >= 15 is 0 Å². The molecule has 0 aliphatic carbocycles. The van der Waals surface area contributed by atoms with Crippen LogP contribution in [0.5, 0.6) is 0 Å². The van der Waals surface area contributed by atoms with Crippen molar-refractivity contribution in [2.75, 3.05) is 18.0 Å². The monoisotopic (exact) mass is 313 g/mol. The Kier molecular flexibility index (Phi) is 3.54. The summed E-state index contributed by atoms with van der Waals surface area (Å²) in [4.78, 5) is 6.20. The maximum absolute atomic E-state index is 10.7. The van der Waals surface area contributed by atoms with Crippen molar-refractivity contribution in [2.45, 2.75) is 18.4 Å². The zero-order valence-corrected chi connectivity index (χ0v) is 12.1. The van der Waals surface area contributed by atoms with Gasteiger partial charge >= 0.3 is 0 Å². The van der Waals surface area contributed by atoms with E-state index in [4.69, 9.17) is 23.2 Å². The number of hydrogen-bond donors (Lipinski definition) is 2. The maximum Gasteiger partial charge on any atom is 0.147 e. The number of aromatic nitrogens is 4. The first-order chi connectivity index (χ1) is 9.58. The van der Waals surface area contributed by atoms with Crippen molar-refractivity contribution in [3.05, 3.63) is 34.2 Å². The number of aliphatic hydroxyl groups is 1. The summed E-state index contributed by atoms with van der Waals surface area (Å²) in [6, 6.07) is 1.65. The van der Waals surface area contributed by atoms with Crippen molar-refractivity contribution in [3.63, 3.8) is 0 Å². The van der Waals surface area contributed by atoms with E-state index in [1.54, 1.807) is 18.5 Å². The number of nitrogens with zero attached hydrogens (tertiary/aromatic N) is 4. The third-order valence-corrected chi connectivity index (χ3v) is 3.94. The maximum atomic E-state index is 10.7. The minimum absolute atomic E-state index is 0.369. The Balaban J connectivity index is 1.88. The number of pyridine rings is 1. The predicted octanol–water partition coefficient (Wildman–Crippen LogP) is 1.99. The number of anilines is 1. The number of piperidine rings is 1. The Morgan fingerprint density at radius 2 is 2.20 bits per heavy atom. The fourth-order valence-electron chi connectivity index (χ4n) is 2.49. The predicted molar refractivity (Wildman–Crippen MR) is 76.0 cm³/mol. The molecule has 0 spiro atoms. The zero-order chi connectivity index (χ0) is 14.2. The SMILES string of the molecule is O[C@]1(c2cn[nH]n2)CCCN(c2ncc(Cl)cc2Cl)C1. The summed E-state index contributed by atoms with van der Waals surface area (Å²) in [5.74, 6) is 0.623. The van der Waals surface area contributed by atoms with Crippen molar-refractivity contribution in [1.29, 1.82) is 0 Å². The summed E-state index contributed by atoms with van der Waals surface area (Å²) in [6.45, 7) is 1.14. The van der Waals surface area contributed by atoms with Gasteiger partial charge in [-0.1, -0.05) is 23.2 Å². The first-order valence-electron chi connectivity index (χ1n) is 6.23. The molecule has 20 heavy (non-hydrogen) atoms. The van der Waals surface area contributed by atoms with E-state index in [0.29, 0.717) is 34.5 Å². The Hall–Kier alpha value is -1.37. The molecule has 0 radical (unpaired) electrons. The molecule has 6 nitrogen and oxygen atoms in total. The van der Waals surface area contributed by atoms with Crippen molar-refractivity contribution in [3.8, 4) is 0 Å². The van der Waals surface area contributed by atoms with Crippen LogP contribution in [0.1, 0.15) is 18.5 Å². The average Bonchev–Trinajstić information content (AvgIpc) is 2.93. The van der Waals surface area contributed by atoms with Crippen LogP contribution in [0.15, 0.2) is 18.5 Å². The van der Waals surface area contributed by atoms with Gasteiger partial charge in [0.05, 0.1) is 22.8 Å². The molecule has 2 aromatic rings. The van der Waals surface area contributed by atoms with Gasteiger partial charge in [0, 0.05) is 12.7 Å². The minimum Gasteiger partial charge on any atom is -0.382 e. The summed E-state index contributed by atoms with van der Waals surface area (Å²) in [6.07, 6.45) is 4.53. The molecule has 3 rings (SSSR count). The fraction of sp³-hybridized carbons (Fsp3) is 0.417. The molecule has 1 fully saturated rings. The lowest BCUT2D eigenvalue weighted by molar-refractivity contribution is 0.0175. The van der Waals surface area contributed by atoms with Crippen LogP contribution in [0.2, 0.25) is 10.0 Å². The topological polar surface area (TPSA) is 77.9 Å². The zero-order valence-electron chi connectivity index (χ0n) is 10.6. The van der Waals surface area contributed by atoms with Gasteiger partial charge in [-0.2, -0.15) is 15.4 Å². The van der Waals surface area contributed by atoms with Gasteiger partial charge in [-0.05, 0) is 18.9 Å². The van der Waals surface area contributed by atoms with Gasteiger partial charge in [-0.25, -0.2) is 4.98 Å². The second-order valence-corrected chi connectivity index (χ2v) is 5.71. The van der Waals surface area contributed by atoms with E-state index in [9.17, 15) is 5.11 Å². The molecule has 0 saturated carbocycles. The van der Waals surface area contributed by atoms with E-state index in [1.165, 1.54) is 0 Å². The number of H-pyrrole nitrogens is 1. The smallest absolute Gasteiger partial charge is 0.147 e. The Labute approximate surface area is 125 Å². The van der Waals surface area contributed by atoms with Crippen LogP contribution in [0.4, 0.5) is 5.82 Å². The molecule has 1 atom stereocenters. The first kappa shape index (κ1) is 13.6. The third kappa shape index (κ3) is 2.46. The van der Waals surface area contributed by atoms with E-state index in [0.717, 1.165) is 13.0 Å². The molecule has 1 aliphatic rings. The normalized spacial score (nSPS) is 23.1. The van der Waals surface area contributed by atoms with Crippen LogP contribution < -0.4 is 4.90 Å². The summed E-state index contributed by atoms with van der Waals surface area (Å²) < 4.78 is 0. The Bertz CT molecular complexity index is 606. The van der Waals surface area contributed by atoms with Gasteiger partial charge in [-0.15, -0.1) is 0 Å². The second-order valence-electron chi connectivity index (χ2n) is 4.87. The summed E-state index contributed by atoms with van der Waals surface area (Å²) >= 11 is 12.0. The largest absolute Gasteiger partial charge is 0.382 e. The van der Waals surface area contributed by atoms with E-state index in [1.807, 2.05) is 4.90 Å². The Morgan fingerprint density at radius 3 is 2.90 bits per heavy atom. The highest BCUT2D eigenvalue weighted by atomic mass is 35.5. The highest BCUT2D eigenvalue weighted by molar-refractivity contribution is 6.36. The van der Waals surface area contributed by atoms with Crippen LogP contribution in [-0.2, 0) is 5.60 Å². The second kappa shape index (κ2) is 5.20. The minimum atomic E-state index is -1.05. The van der Waals surface area contributed by atoms with Crippen molar-refractivity contribution < 1.29 is 5.11 Å². The number of rotatable bonds is 2. The number of nitrogens with one attached hydrogen (secondary N) is 1. The van der Waals surface area contributed by atoms with E-state index in [2.05, 4.69) is 20.4 Å². The highest BCUT2D eigenvalue weighted by Crippen LogP contribution is 2.34.